The van der Waals surface area contributed by atoms with E-state index in [9.17, 15) is 15.3 Å². The van der Waals surface area contributed by atoms with Crippen molar-refractivity contribution in [2.24, 2.45) is 35.0 Å². The molecule has 0 heterocycles. The van der Waals surface area contributed by atoms with Gasteiger partial charge in [-0.05, 0) is 92.4 Å². The van der Waals surface area contributed by atoms with Crippen molar-refractivity contribution in [1.29, 1.82) is 0 Å². The van der Waals surface area contributed by atoms with Crippen LogP contribution >= 0.6 is 0 Å². The molecule has 3 heteroatoms. The van der Waals surface area contributed by atoms with Gasteiger partial charge in [-0.2, -0.15) is 0 Å². The predicted octanol–water partition coefficient (Wildman–Crippen LogP) is 6.26. The Balaban J connectivity index is 1.67. The first kappa shape index (κ1) is 25.2. The summed E-state index contributed by atoms with van der Waals surface area (Å²) < 4.78 is 0. The molecule has 3 aliphatic rings. The summed E-state index contributed by atoms with van der Waals surface area (Å²) >= 11 is 0. The molecule has 0 spiro atoms. The van der Waals surface area contributed by atoms with Gasteiger partial charge in [-0.1, -0.05) is 58.4 Å². The smallest absolute Gasteiger partial charge is 0.0774 e. The lowest BCUT2D eigenvalue weighted by Crippen LogP contribution is -2.40. The molecule has 3 aliphatic carbocycles. The summed E-state index contributed by atoms with van der Waals surface area (Å²) in [5, 5.41) is 30.1. The van der Waals surface area contributed by atoms with Crippen LogP contribution in [0.2, 0.25) is 0 Å². The largest absolute Gasteiger partial charge is 0.396 e. The van der Waals surface area contributed by atoms with Gasteiger partial charge < -0.3 is 15.3 Å². The highest BCUT2D eigenvalue weighted by atomic mass is 16.3. The Morgan fingerprint density at radius 3 is 2.61 bits per heavy atom. The zero-order valence-electron chi connectivity index (χ0n) is 20.8. The van der Waals surface area contributed by atoms with Gasteiger partial charge in [0.25, 0.3) is 0 Å². The second kappa shape index (κ2) is 11.2. The molecule has 1 unspecified atom stereocenters. The van der Waals surface area contributed by atoms with Gasteiger partial charge in [0.1, 0.15) is 0 Å². The van der Waals surface area contributed by atoms with Crippen molar-refractivity contribution in [3.63, 3.8) is 0 Å². The number of unbranched alkanes of at least 4 members (excludes halogenated alkanes) is 1. The van der Waals surface area contributed by atoms with Gasteiger partial charge >= 0.3 is 0 Å². The molecule has 0 aromatic heterocycles. The van der Waals surface area contributed by atoms with Crippen molar-refractivity contribution < 1.29 is 15.3 Å². The SMILES string of the molecule is CCCC[C@@H](CCO)[C@@H](C)[C@H]1CC[C@H]2C(CCC3=C(C)[C@@H](O)C[C@H](O)C3)CCC[C@]12C. The second-order valence-corrected chi connectivity index (χ2v) is 11.7. The molecule has 180 valence electrons. The van der Waals surface area contributed by atoms with E-state index < -0.39 is 6.10 Å². The van der Waals surface area contributed by atoms with Crippen LogP contribution in [-0.2, 0) is 0 Å². The molecule has 2 saturated carbocycles. The number of aliphatic hydroxyl groups is 3. The average Bonchev–Trinajstić information content (AvgIpc) is 3.09. The topological polar surface area (TPSA) is 60.7 Å². The molecular formula is C28H50O3. The highest BCUT2D eigenvalue weighted by Crippen LogP contribution is 2.61. The quantitative estimate of drug-likeness (QED) is 0.356. The van der Waals surface area contributed by atoms with Gasteiger partial charge in [-0.3, -0.25) is 0 Å². The van der Waals surface area contributed by atoms with E-state index in [0.29, 0.717) is 30.3 Å². The van der Waals surface area contributed by atoms with Crippen LogP contribution in [0, 0.1) is 35.0 Å². The maximum absolute atomic E-state index is 10.3. The van der Waals surface area contributed by atoms with E-state index in [1.165, 1.54) is 63.4 Å². The summed E-state index contributed by atoms with van der Waals surface area (Å²) in [7, 11) is 0. The summed E-state index contributed by atoms with van der Waals surface area (Å²) in [6.45, 7) is 9.78. The lowest BCUT2D eigenvalue weighted by atomic mass is 9.57. The highest BCUT2D eigenvalue weighted by Gasteiger charge is 2.52. The minimum atomic E-state index is -0.446. The minimum Gasteiger partial charge on any atom is -0.396 e. The average molecular weight is 435 g/mol. The molecule has 0 amide bonds. The van der Waals surface area contributed by atoms with E-state index in [2.05, 4.69) is 27.7 Å². The second-order valence-electron chi connectivity index (χ2n) is 11.7. The molecule has 0 saturated heterocycles. The van der Waals surface area contributed by atoms with Crippen LogP contribution in [0.1, 0.15) is 111 Å². The maximum atomic E-state index is 10.3. The first-order valence-electron chi connectivity index (χ1n) is 13.5. The van der Waals surface area contributed by atoms with Crippen LogP contribution in [0.4, 0.5) is 0 Å². The fraction of sp³-hybridized carbons (Fsp3) is 0.929. The molecule has 31 heavy (non-hydrogen) atoms. The van der Waals surface area contributed by atoms with Crippen LogP contribution < -0.4 is 0 Å². The van der Waals surface area contributed by atoms with E-state index in [4.69, 9.17) is 0 Å². The van der Waals surface area contributed by atoms with Crippen LogP contribution in [0.25, 0.3) is 0 Å². The molecule has 3 nitrogen and oxygen atoms in total. The van der Waals surface area contributed by atoms with Crippen LogP contribution in [-0.4, -0.2) is 34.1 Å². The Labute approximate surface area is 191 Å². The lowest BCUT2D eigenvalue weighted by Gasteiger charge is -2.48. The third-order valence-corrected chi connectivity index (χ3v) is 10.0. The number of hydrogen-bond donors (Lipinski definition) is 3. The van der Waals surface area contributed by atoms with Crippen molar-refractivity contribution in [2.75, 3.05) is 6.61 Å². The van der Waals surface area contributed by atoms with Crippen molar-refractivity contribution >= 4 is 0 Å². The van der Waals surface area contributed by atoms with Gasteiger partial charge in [0, 0.05) is 13.0 Å². The van der Waals surface area contributed by atoms with Crippen LogP contribution in [0.3, 0.4) is 0 Å². The Morgan fingerprint density at radius 2 is 1.90 bits per heavy atom. The molecule has 0 bridgehead atoms. The zero-order chi connectivity index (χ0) is 22.6. The number of rotatable bonds is 10. The summed E-state index contributed by atoms with van der Waals surface area (Å²) in [5.41, 5.74) is 2.91. The van der Waals surface area contributed by atoms with Gasteiger partial charge in [-0.15, -0.1) is 0 Å². The van der Waals surface area contributed by atoms with E-state index in [1.54, 1.807) is 0 Å². The molecule has 0 aromatic rings. The van der Waals surface area contributed by atoms with E-state index >= 15 is 0 Å². The summed E-state index contributed by atoms with van der Waals surface area (Å²) in [5.74, 6) is 3.80. The first-order chi connectivity index (χ1) is 14.8. The molecule has 0 aromatic carbocycles. The molecule has 3 N–H and O–H groups in total. The summed E-state index contributed by atoms with van der Waals surface area (Å²) in [4.78, 5) is 0. The number of hydrogen-bond acceptors (Lipinski definition) is 3. The Kier molecular flexibility index (Phi) is 9.09. The molecule has 3 rings (SSSR count). The third-order valence-electron chi connectivity index (χ3n) is 10.0. The lowest BCUT2D eigenvalue weighted by molar-refractivity contribution is 0.0101. The number of aliphatic hydroxyl groups excluding tert-OH is 3. The first-order valence-corrected chi connectivity index (χ1v) is 13.5. The predicted molar refractivity (Wildman–Crippen MR) is 129 cm³/mol. The Morgan fingerprint density at radius 1 is 1.13 bits per heavy atom. The van der Waals surface area contributed by atoms with Gasteiger partial charge in [0.05, 0.1) is 12.2 Å². The van der Waals surface area contributed by atoms with Crippen LogP contribution in [0.15, 0.2) is 11.1 Å². The third kappa shape index (κ3) is 5.58. The monoisotopic (exact) mass is 434 g/mol. The maximum Gasteiger partial charge on any atom is 0.0774 e. The Hall–Kier alpha value is -0.380. The molecule has 0 aliphatic heterocycles. The van der Waals surface area contributed by atoms with Crippen molar-refractivity contribution in [1.82, 2.24) is 0 Å². The van der Waals surface area contributed by atoms with E-state index in [-0.39, 0.29) is 6.10 Å². The number of fused-ring (bicyclic) bond motifs is 1. The van der Waals surface area contributed by atoms with E-state index in [0.717, 1.165) is 42.6 Å². The summed E-state index contributed by atoms with van der Waals surface area (Å²) in [6, 6.07) is 0. The van der Waals surface area contributed by atoms with Gasteiger partial charge in [-0.25, -0.2) is 0 Å². The molecule has 0 radical (unpaired) electrons. The van der Waals surface area contributed by atoms with Crippen molar-refractivity contribution in [3.8, 4) is 0 Å². The van der Waals surface area contributed by atoms with Crippen molar-refractivity contribution in [3.05, 3.63) is 11.1 Å². The van der Waals surface area contributed by atoms with Crippen molar-refractivity contribution in [2.45, 2.75) is 123 Å². The zero-order valence-corrected chi connectivity index (χ0v) is 20.8. The highest BCUT2D eigenvalue weighted by molar-refractivity contribution is 5.21. The normalized spacial score (nSPS) is 38.2. The summed E-state index contributed by atoms with van der Waals surface area (Å²) in [6.07, 6.45) is 14.3. The minimum absolute atomic E-state index is 0.334. The molecule has 8 atom stereocenters. The van der Waals surface area contributed by atoms with Gasteiger partial charge in [0.2, 0.25) is 0 Å². The fourth-order valence-corrected chi connectivity index (χ4v) is 8.08. The van der Waals surface area contributed by atoms with Crippen LogP contribution in [0.5, 0.6) is 0 Å². The molecular weight excluding hydrogens is 384 g/mol. The Bertz CT molecular complexity index is 599. The van der Waals surface area contributed by atoms with Gasteiger partial charge in [0.15, 0.2) is 0 Å². The molecule has 2 fully saturated rings. The fourth-order valence-electron chi connectivity index (χ4n) is 8.08. The standard InChI is InChI=1S/C28H50O3/c1-5-6-8-21(14-16-29)19(2)25-12-13-26-22(9-7-15-28(25,26)4)10-11-23-17-24(30)18-27(31)20(23)3/h19,21-22,24-27,29-31H,5-18H2,1-4H3/t19-,21+,22?,24-,25-,26+,27+,28-/m1/s1. The van der Waals surface area contributed by atoms with E-state index in [1.807, 2.05) is 0 Å².